The molecule has 0 saturated carbocycles. The number of aliphatic hydroxyl groups is 1. The van der Waals surface area contributed by atoms with Gasteiger partial charge in [0.2, 0.25) is 5.60 Å². The first-order chi connectivity index (χ1) is 10.4. The summed E-state index contributed by atoms with van der Waals surface area (Å²) in [4.78, 5) is 14.6. The van der Waals surface area contributed by atoms with Gasteiger partial charge in [0.25, 0.3) is 0 Å². The molecule has 1 heterocycles. The number of ether oxygens (including phenoxy) is 1. The predicted octanol–water partition coefficient (Wildman–Crippen LogP) is 2.26. The predicted molar refractivity (Wildman–Crippen MR) is 86.3 cm³/mol. The van der Waals surface area contributed by atoms with Crippen LogP contribution in [0.5, 0.6) is 0 Å². The quantitative estimate of drug-likeness (QED) is 0.669. The first-order valence-electron chi connectivity index (χ1n) is 7.42. The van der Waals surface area contributed by atoms with E-state index in [-0.39, 0.29) is 6.61 Å². The summed E-state index contributed by atoms with van der Waals surface area (Å²) >= 11 is 0. The number of nitrogens with zero attached hydrogens (tertiary/aromatic N) is 1. The largest absolute Gasteiger partial charge is 0.458 e. The summed E-state index contributed by atoms with van der Waals surface area (Å²) < 4.78 is 5.37. The maximum absolute atomic E-state index is 12.5. The zero-order chi connectivity index (χ0) is 16.2. The molecule has 4 heteroatoms. The van der Waals surface area contributed by atoms with Crippen LogP contribution in [-0.4, -0.2) is 42.7 Å². The molecule has 4 nitrogen and oxygen atoms in total. The molecule has 0 amide bonds. The topological polar surface area (TPSA) is 49.8 Å². The Hall–Kier alpha value is -1.91. The fourth-order valence-electron chi connectivity index (χ4n) is 2.56. The lowest BCUT2D eigenvalue weighted by atomic mass is 9.88. The van der Waals surface area contributed by atoms with Gasteiger partial charge < -0.3 is 14.7 Å². The highest BCUT2D eigenvalue weighted by atomic mass is 16.5. The zero-order valence-electron chi connectivity index (χ0n) is 13.2. The lowest BCUT2D eigenvalue weighted by Gasteiger charge is -2.28. The van der Waals surface area contributed by atoms with Gasteiger partial charge in [0, 0.05) is 13.1 Å². The molecule has 0 fully saturated rings. The molecule has 1 aliphatic heterocycles. The molecular formula is C18H23NO3. The second-order valence-corrected chi connectivity index (χ2v) is 5.82. The van der Waals surface area contributed by atoms with Gasteiger partial charge in [-0.3, -0.25) is 0 Å². The van der Waals surface area contributed by atoms with E-state index in [1.165, 1.54) is 0 Å². The van der Waals surface area contributed by atoms with E-state index in [0.717, 1.165) is 25.1 Å². The number of esters is 1. The molecule has 0 bridgehead atoms. The van der Waals surface area contributed by atoms with Crippen molar-refractivity contribution >= 4 is 5.97 Å². The van der Waals surface area contributed by atoms with Crippen LogP contribution in [0.25, 0.3) is 0 Å². The fraction of sp³-hybridized carbons (Fsp3) is 0.389. The summed E-state index contributed by atoms with van der Waals surface area (Å²) in [6.45, 7) is 7.38. The minimum absolute atomic E-state index is 0.200. The van der Waals surface area contributed by atoms with Gasteiger partial charge in [0.05, 0.1) is 0 Å². The first kappa shape index (κ1) is 16.5. The number of likely N-dealkylation sites (N-methyl/N-ethyl adjacent to an activating group) is 1. The molecule has 1 atom stereocenters. The van der Waals surface area contributed by atoms with Gasteiger partial charge in [-0.25, -0.2) is 4.79 Å². The lowest BCUT2D eigenvalue weighted by Crippen LogP contribution is -2.39. The van der Waals surface area contributed by atoms with Crippen molar-refractivity contribution in [2.24, 2.45) is 0 Å². The average Bonchev–Trinajstić information content (AvgIpc) is 2.52. The Bertz CT molecular complexity index is 579. The minimum Gasteiger partial charge on any atom is -0.458 e. The Kier molecular flexibility index (Phi) is 5.16. The molecule has 2 rings (SSSR count). The van der Waals surface area contributed by atoms with Crippen molar-refractivity contribution in [2.45, 2.75) is 18.9 Å². The van der Waals surface area contributed by atoms with E-state index in [9.17, 15) is 9.90 Å². The van der Waals surface area contributed by atoms with E-state index in [0.29, 0.717) is 11.1 Å². The number of hydrogen-bond acceptors (Lipinski definition) is 4. The lowest BCUT2D eigenvalue weighted by molar-refractivity contribution is -0.161. The number of rotatable bonds is 5. The van der Waals surface area contributed by atoms with E-state index in [1.54, 1.807) is 31.2 Å². The van der Waals surface area contributed by atoms with Crippen LogP contribution < -0.4 is 0 Å². The van der Waals surface area contributed by atoms with Crippen molar-refractivity contribution in [3.63, 3.8) is 0 Å². The van der Waals surface area contributed by atoms with Crippen LogP contribution in [0.1, 0.15) is 18.9 Å². The van der Waals surface area contributed by atoms with Crippen molar-refractivity contribution in [3.05, 3.63) is 59.7 Å². The third-order valence-corrected chi connectivity index (χ3v) is 3.91. The molecule has 0 spiro atoms. The van der Waals surface area contributed by atoms with Gasteiger partial charge in [-0.15, -0.1) is 0 Å². The van der Waals surface area contributed by atoms with Crippen molar-refractivity contribution in [2.75, 3.05) is 26.7 Å². The van der Waals surface area contributed by atoms with E-state index < -0.39 is 11.6 Å². The number of carbonyl (C=O) groups excluding carboxylic acids is 1. The first-order valence-corrected chi connectivity index (χ1v) is 7.42. The van der Waals surface area contributed by atoms with E-state index in [4.69, 9.17) is 4.74 Å². The molecule has 1 aromatic rings. The molecule has 0 saturated heterocycles. The Labute approximate surface area is 131 Å². The van der Waals surface area contributed by atoms with E-state index in [1.807, 2.05) is 13.1 Å². The van der Waals surface area contributed by atoms with Crippen LogP contribution in [0.2, 0.25) is 0 Å². The summed E-state index contributed by atoms with van der Waals surface area (Å²) in [7, 11) is 2.03. The summed E-state index contributed by atoms with van der Waals surface area (Å²) in [6.07, 6.45) is 3.04. The number of hydrogen-bond donors (Lipinski definition) is 1. The number of carbonyl (C=O) groups is 1. The van der Waals surface area contributed by atoms with Crippen molar-refractivity contribution in [3.8, 4) is 0 Å². The monoisotopic (exact) mass is 301 g/mol. The van der Waals surface area contributed by atoms with Gasteiger partial charge in [-0.1, -0.05) is 43.0 Å². The Balaban J connectivity index is 2.11. The number of benzene rings is 1. The summed E-state index contributed by atoms with van der Waals surface area (Å²) in [5, 5.41) is 10.8. The fourth-order valence-corrected chi connectivity index (χ4v) is 2.56. The maximum Gasteiger partial charge on any atom is 0.347 e. The molecule has 1 unspecified atom stereocenters. The van der Waals surface area contributed by atoms with Gasteiger partial charge in [0.15, 0.2) is 0 Å². The highest BCUT2D eigenvalue weighted by molar-refractivity contribution is 5.84. The van der Waals surface area contributed by atoms with Crippen molar-refractivity contribution in [1.29, 1.82) is 0 Å². The molecular weight excluding hydrogens is 278 g/mol. The smallest absolute Gasteiger partial charge is 0.347 e. The molecule has 1 aromatic carbocycles. The van der Waals surface area contributed by atoms with Crippen LogP contribution in [0.15, 0.2) is 54.1 Å². The van der Waals surface area contributed by atoms with Gasteiger partial charge >= 0.3 is 5.97 Å². The average molecular weight is 301 g/mol. The molecule has 22 heavy (non-hydrogen) atoms. The zero-order valence-corrected chi connectivity index (χ0v) is 13.2. The normalized spacial score (nSPS) is 18.2. The molecule has 118 valence electrons. The Morgan fingerprint density at radius 2 is 2.09 bits per heavy atom. The molecule has 1 aliphatic rings. The van der Waals surface area contributed by atoms with Crippen LogP contribution >= 0.6 is 0 Å². The van der Waals surface area contributed by atoms with Gasteiger partial charge in [-0.05, 0) is 37.1 Å². The summed E-state index contributed by atoms with van der Waals surface area (Å²) in [5.41, 5.74) is 0.0717. The third kappa shape index (κ3) is 3.46. The standard InChI is InChI=1S/C18H23NO3/c1-14(2)18(21,16-9-5-4-6-10-16)17(20)22-13-15-8-7-11-19(3)12-15/h4-6,8-10,21H,1,7,11-13H2,2-3H3. The highest BCUT2D eigenvalue weighted by Crippen LogP contribution is 2.30. The second kappa shape index (κ2) is 6.90. The SMILES string of the molecule is C=C(C)C(O)(C(=O)OCC1=CCCN(C)C1)c1ccccc1. The molecule has 0 aromatic heterocycles. The molecule has 1 N–H and O–H groups in total. The van der Waals surface area contributed by atoms with Crippen LogP contribution in [-0.2, 0) is 15.1 Å². The van der Waals surface area contributed by atoms with Gasteiger partial charge in [0.1, 0.15) is 6.61 Å². The Morgan fingerprint density at radius 3 is 2.68 bits per heavy atom. The Morgan fingerprint density at radius 1 is 1.41 bits per heavy atom. The second-order valence-electron chi connectivity index (χ2n) is 5.82. The summed E-state index contributed by atoms with van der Waals surface area (Å²) in [5.74, 6) is -0.680. The van der Waals surface area contributed by atoms with Crippen LogP contribution in [0.4, 0.5) is 0 Å². The molecule has 0 aliphatic carbocycles. The highest BCUT2D eigenvalue weighted by Gasteiger charge is 2.40. The van der Waals surface area contributed by atoms with Crippen LogP contribution in [0.3, 0.4) is 0 Å². The van der Waals surface area contributed by atoms with E-state index >= 15 is 0 Å². The van der Waals surface area contributed by atoms with Crippen LogP contribution in [0, 0.1) is 0 Å². The van der Waals surface area contributed by atoms with Crippen molar-refractivity contribution in [1.82, 2.24) is 4.90 Å². The van der Waals surface area contributed by atoms with E-state index in [2.05, 4.69) is 17.6 Å². The minimum atomic E-state index is -1.80. The third-order valence-electron chi connectivity index (χ3n) is 3.91. The maximum atomic E-state index is 12.5. The van der Waals surface area contributed by atoms with Gasteiger partial charge in [-0.2, -0.15) is 0 Å². The van der Waals surface area contributed by atoms with Crippen molar-refractivity contribution < 1.29 is 14.6 Å². The molecule has 0 radical (unpaired) electrons. The summed E-state index contributed by atoms with van der Waals surface area (Å²) in [6, 6.07) is 8.77.